The van der Waals surface area contributed by atoms with Crippen LogP contribution in [0.4, 0.5) is 5.82 Å². The molecule has 0 saturated heterocycles. The molecule has 1 aliphatic carbocycles. The molecule has 0 N–H and O–H groups in total. The minimum atomic E-state index is -0.393. The maximum atomic E-state index is 13.6. The van der Waals surface area contributed by atoms with Crippen LogP contribution >= 0.6 is 0 Å². The van der Waals surface area contributed by atoms with Gasteiger partial charge < -0.3 is 9.47 Å². The van der Waals surface area contributed by atoms with E-state index in [9.17, 15) is 9.59 Å². The fraction of sp³-hybridized carbons (Fsp3) is 0.281. The highest BCUT2D eigenvalue weighted by Gasteiger charge is 2.26. The van der Waals surface area contributed by atoms with E-state index >= 15 is 0 Å². The number of benzene rings is 3. The second kappa shape index (κ2) is 11.1. The number of anilines is 1. The van der Waals surface area contributed by atoms with Crippen LogP contribution in [-0.2, 0) is 16.1 Å². The number of pyridine rings is 1. The SMILES string of the molecule is COC(=O)c1ccc2c(N(Cc3ccc(-c4ccc(OC)c(C)c4)cc3)C(=O)CC3CCC3)nccc2c1. The highest BCUT2D eigenvalue weighted by atomic mass is 16.5. The van der Waals surface area contributed by atoms with Crippen molar-refractivity contribution in [2.24, 2.45) is 5.92 Å². The van der Waals surface area contributed by atoms with Gasteiger partial charge in [0.1, 0.15) is 11.6 Å². The summed E-state index contributed by atoms with van der Waals surface area (Å²) in [5, 5.41) is 1.66. The van der Waals surface area contributed by atoms with Crippen molar-refractivity contribution in [3.63, 3.8) is 0 Å². The highest BCUT2D eigenvalue weighted by molar-refractivity contribution is 6.04. The number of carbonyl (C=O) groups is 2. The molecule has 1 fully saturated rings. The summed E-state index contributed by atoms with van der Waals surface area (Å²) in [7, 11) is 3.05. The number of amides is 1. The average molecular weight is 509 g/mol. The minimum absolute atomic E-state index is 0.0709. The van der Waals surface area contributed by atoms with Crippen LogP contribution in [0.3, 0.4) is 0 Å². The summed E-state index contributed by atoms with van der Waals surface area (Å²) in [6, 6.07) is 21.7. The molecule has 6 heteroatoms. The first-order valence-electron chi connectivity index (χ1n) is 13.0. The van der Waals surface area contributed by atoms with Gasteiger partial charge in [0.15, 0.2) is 0 Å². The Morgan fingerprint density at radius 3 is 2.37 bits per heavy atom. The van der Waals surface area contributed by atoms with Gasteiger partial charge >= 0.3 is 5.97 Å². The van der Waals surface area contributed by atoms with E-state index in [2.05, 4.69) is 41.4 Å². The van der Waals surface area contributed by atoms with Gasteiger partial charge in [0.25, 0.3) is 0 Å². The second-order valence-corrected chi connectivity index (χ2v) is 9.92. The lowest BCUT2D eigenvalue weighted by Crippen LogP contribution is -2.33. The number of esters is 1. The zero-order valence-corrected chi connectivity index (χ0v) is 22.1. The van der Waals surface area contributed by atoms with Crippen LogP contribution in [0.2, 0.25) is 0 Å². The van der Waals surface area contributed by atoms with E-state index in [0.717, 1.165) is 51.6 Å². The first-order valence-corrected chi connectivity index (χ1v) is 13.0. The molecule has 0 radical (unpaired) electrons. The summed E-state index contributed by atoms with van der Waals surface area (Å²) in [6.07, 6.45) is 5.59. The van der Waals surface area contributed by atoms with Gasteiger partial charge in [0.05, 0.1) is 26.3 Å². The Kier molecular flexibility index (Phi) is 7.40. The fourth-order valence-corrected chi connectivity index (χ4v) is 5.00. The number of aryl methyl sites for hydroxylation is 1. The first kappa shape index (κ1) is 25.5. The molecule has 1 amide bonds. The molecule has 4 aromatic rings. The molecule has 6 nitrogen and oxygen atoms in total. The molecular formula is C32H32N2O4. The molecule has 194 valence electrons. The zero-order chi connectivity index (χ0) is 26.6. The number of fused-ring (bicyclic) bond motifs is 1. The van der Waals surface area contributed by atoms with Crippen LogP contribution in [0.5, 0.6) is 5.75 Å². The molecule has 0 unspecified atom stereocenters. The van der Waals surface area contributed by atoms with Gasteiger partial charge in [-0.3, -0.25) is 9.69 Å². The molecule has 38 heavy (non-hydrogen) atoms. The molecule has 0 aliphatic heterocycles. The number of hydrogen-bond acceptors (Lipinski definition) is 5. The van der Waals surface area contributed by atoms with E-state index in [-0.39, 0.29) is 5.91 Å². The van der Waals surface area contributed by atoms with E-state index in [1.807, 2.05) is 25.1 Å². The van der Waals surface area contributed by atoms with Gasteiger partial charge in [-0.1, -0.05) is 36.8 Å². The summed E-state index contributed by atoms with van der Waals surface area (Å²) in [5.74, 6) is 1.59. The van der Waals surface area contributed by atoms with Crippen LogP contribution < -0.4 is 9.64 Å². The minimum Gasteiger partial charge on any atom is -0.496 e. The quantitative estimate of drug-likeness (QED) is 0.247. The smallest absolute Gasteiger partial charge is 0.337 e. The third-order valence-corrected chi connectivity index (χ3v) is 7.43. The Bertz CT molecular complexity index is 1480. The van der Waals surface area contributed by atoms with E-state index in [4.69, 9.17) is 9.47 Å². The van der Waals surface area contributed by atoms with Crippen LogP contribution in [0.1, 0.15) is 47.2 Å². The average Bonchev–Trinajstić information content (AvgIpc) is 2.92. The third-order valence-electron chi connectivity index (χ3n) is 7.43. The number of methoxy groups -OCH3 is 2. The van der Waals surface area contributed by atoms with Crippen molar-refractivity contribution in [2.75, 3.05) is 19.1 Å². The zero-order valence-electron chi connectivity index (χ0n) is 22.1. The summed E-state index contributed by atoms with van der Waals surface area (Å²) >= 11 is 0. The lowest BCUT2D eigenvalue weighted by molar-refractivity contribution is -0.120. The first-order chi connectivity index (χ1) is 18.5. The molecule has 1 heterocycles. The summed E-state index contributed by atoms with van der Waals surface area (Å²) in [5.41, 5.74) is 4.79. The van der Waals surface area contributed by atoms with Gasteiger partial charge in [0, 0.05) is 18.0 Å². The topological polar surface area (TPSA) is 68.7 Å². The standard InChI is InChI=1S/C32H32N2O4/c1-21-17-25(12-14-29(21)37-2)24-9-7-23(8-10-24)20-34(30(35)18-22-5-4-6-22)31-28-13-11-27(32(36)38-3)19-26(28)15-16-33-31/h7-17,19,22H,4-6,18,20H2,1-3H3. The Morgan fingerprint density at radius 2 is 1.71 bits per heavy atom. The van der Waals surface area contributed by atoms with Crippen molar-refractivity contribution in [2.45, 2.75) is 39.2 Å². The molecule has 0 atom stereocenters. The highest BCUT2D eigenvalue weighted by Crippen LogP contribution is 2.33. The largest absolute Gasteiger partial charge is 0.496 e. The van der Waals surface area contributed by atoms with Crippen LogP contribution in [0.25, 0.3) is 21.9 Å². The van der Waals surface area contributed by atoms with Crippen LogP contribution in [-0.4, -0.2) is 31.1 Å². The maximum Gasteiger partial charge on any atom is 0.337 e. The molecule has 0 spiro atoms. The maximum absolute atomic E-state index is 13.6. The number of ether oxygens (including phenoxy) is 2. The summed E-state index contributed by atoms with van der Waals surface area (Å²) in [4.78, 5) is 32.1. The Morgan fingerprint density at radius 1 is 0.947 bits per heavy atom. The van der Waals surface area contributed by atoms with Gasteiger partial charge in [-0.2, -0.15) is 0 Å². The van der Waals surface area contributed by atoms with Gasteiger partial charge in [-0.15, -0.1) is 0 Å². The van der Waals surface area contributed by atoms with Crippen molar-refractivity contribution in [1.29, 1.82) is 0 Å². The van der Waals surface area contributed by atoms with Gasteiger partial charge in [-0.05, 0) is 89.7 Å². The van der Waals surface area contributed by atoms with Crippen LogP contribution in [0, 0.1) is 12.8 Å². The molecule has 1 aliphatic rings. The molecule has 0 bridgehead atoms. The molecule has 3 aromatic carbocycles. The summed E-state index contributed by atoms with van der Waals surface area (Å²) < 4.78 is 10.3. The number of hydrogen-bond donors (Lipinski definition) is 0. The van der Waals surface area contributed by atoms with Crippen molar-refractivity contribution in [3.8, 4) is 16.9 Å². The number of nitrogens with zero attached hydrogens (tertiary/aromatic N) is 2. The molecule has 1 aromatic heterocycles. The van der Waals surface area contributed by atoms with Crippen LogP contribution in [0.15, 0.2) is 72.9 Å². The van der Waals surface area contributed by atoms with Crippen molar-refractivity contribution in [1.82, 2.24) is 4.98 Å². The monoisotopic (exact) mass is 508 g/mol. The van der Waals surface area contributed by atoms with E-state index in [0.29, 0.717) is 30.3 Å². The fourth-order valence-electron chi connectivity index (χ4n) is 5.00. The Hall–Kier alpha value is -4.19. The number of carbonyl (C=O) groups excluding carboxylic acids is 2. The third kappa shape index (κ3) is 5.25. The molecule has 1 saturated carbocycles. The number of rotatable bonds is 8. The van der Waals surface area contributed by atoms with E-state index in [1.54, 1.807) is 30.3 Å². The van der Waals surface area contributed by atoms with E-state index < -0.39 is 5.97 Å². The summed E-state index contributed by atoms with van der Waals surface area (Å²) in [6.45, 7) is 2.45. The predicted molar refractivity (Wildman–Crippen MR) is 149 cm³/mol. The second-order valence-electron chi connectivity index (χ2n) is 9.92. The predicted octanol–water partition coefficient (Wildman–Crippen LogP) is 6.73. The molecule has 5 rings (SSSR count). The molecular weight excluding hydrogens is 476 g/mol. The lowest BCUT2D eigenvalue weighted by atomic mass is 9.82. The van der Waals surface area contributed by atoms with Crippen molar-refractivity contribution < 1.29 is 19.1 Å². The normalized spacial score (nSPS) is 13.1. The van der Waals surface area contributed by atoms with Gasteiger partial charge in [-0.25, -0.2) is 9.78 Å². The van der Waals surface area contributed by atoms with E-state index in [1.165, 1.54) is 13.5 Å². The number of aromatic nitrogens is 1. The van der Waals surface area contributed by atoms with Crippen molar-refractivity contribution in [3.05, 3.63) is 89.6 Å². The lowest BCUT2D eigenvalue weighted by Gasteiger charge is -2.29. The Balaban J connectivity index is 1.46. The Labute approximate surface area is 223 Å². The van der Waals surface area contributed by atoms with Crippen molar-refractivity contribution >= 4 is 28.5 Å². The van der Waals surface area contributed by atoms with Gasteiger partial charge in [0.2, 0.25) is 5.91 Å².